The van der Waals surface area contributed by atoms with Crippen LogP contribution in [0.1, 0.15) is 336 Å². The van der Waals surface area contributed by atoms with Gasteiger partial charge in [0.05, 0.1) is 13.2 Å². The molecule has 0 spiro atoms. The van der Waals surface area contributed by atoms with E-state index in [1.165, 1.54) is 244 Å². The fourth-order valence-corrected chi connectivity index (χ4v) is 10.2. The Kier molecular flexibility index (Phi) is 53.8. The van der Waals surface area contributed by atoms with Gasteiger partial charge in [-0.15, -0.1) is 0 Å². The van der Waals surface area contributed by atoms with E-state index in [1.807, 2.05) is 0 Å². The number of hydrogen-bond acceptors (Lipinski definition) is 7. The molecule has 0 saturated heterocycles. The first kappa shape index (κ1) is 68.4. The number of nitrogens with zero attached hydrogens (tertiary/aromatic N) is 1. The first-order valence-electron chi connectivity index (χ1n) is 31.4. The average molecular weight is 990 g/mol. The van der Waals surface area contributed by atoms with E-state index in [2.05, 4.69) is 46.7 Å². The average Bonchev–Trinajstić information content (AvgIpc) is 3.34. The molecular formula is C63H124N2O5. The summed E-state index contributed by atoms with van der Waals surface area (Å²) in [7, 11) is 4.19. The Balaban J connectivity index is 4.24. The van der Waals surface area contributed by atoms with E-state index in [4.69, 9.17) is 19.6 Å². The van der Waals surface area contributed by atoms with Crippen LogP contribution in [0.4, 0.5) is 0 Å². The molecule has 0 rings (SSSR count). The van der Waals surface area contributed by atoms with Gasteiger partial charge in [-0.25, -0.2) is 0 Å². The molecule has 0 saturated carbocycles. The molecule has 70 heavy (non-hydrogen) atoms. The zero-order valence-electron chi connectivity index (χ0n) is 48.3. The van der Waals surface area contributed by atoms with Crippen molar-refractivity contribution in [2.24, 2.45) is 11.8 Å². The minimum absolute atomic E-state index is 0.0204. The second kappa shape index (κ2) is 55.1. The van der Waals surface area contributed by atoms with Crippen molar-refractivity contribution in [2.45, 2.75) is 342 Å². The Hall–Kier alpha value is -1.63. The highest BCUT2D eigenvalue weighted by Gasteiger charge is 2.15. The maximum Gasteiger partial charge on any atom is 0.305 e. The second-order valence-electron chi connectivity index (χ2n) is 22.4. The smallest absolute Gasteiger partial charge is 0.305 e. The van der Waals surface area contributed by atoms with E-state index in [0.29, 0.717) is 43.8 Å². The van der Waals surface area contributed by atoms with Crippen LogP contribution in [0.2, 0.25) is 0 Å². The highest BCUT2D eigenvalue weighted by Crippen LogP contribution is 2.23. The van der Waals surface area contributed by atoms with Crippen molar-refractivity contribution >= 4 is 17.8 Å². The van der Waals surface area contributed by atoms with Crippen molar-refractivity contribution in [1.29, 1.82) is 5.41 Å². The first-order valence-corrected chi connectivity index (χ1v) is 31.4. The Bertz CT molecular complexity index is 1030. The zero-order valence-corrected chi connectivity index (χ0v) is 48.3. The van der Waals surface area contributed by atoms with E-state index in [0.717, 1.165) is 57.9 Å². The SMILES string of the molecule is CCCCCCCCC(CCCCCC)COC(=O)CCCCCCCCCCCC(CCCCCCCCCCCC(=O)OCC(CCCCCC)CCCCCCCC)OC(=N)CCCN(C)C. The molecular weight excluding hydrogens is 865 g/mol. The first-order chi connectivity index (χ1) is 34.2. The number of esters is 2. The summed E-state index contributed by atoms with van der Waals surface area (Å²) >= 11 is 0. The van der Waals surface area contributed by atoms with E-state index in [-0.39, 0.29) is 18.0 Å². The van der Waals surface area contributed by atoms with Crippen LogP contribution in [-0.2, 0) is 23.8 Å². The predicted molar refractivity (Wildman–Crippen MR) is 304 cm³/mol. The van der Waals surface area contributed by atoms with Crippen LogP contribution in [0.5, 0.6) is 0 Å². The van der Waals surface area contributed by atoms with Crippen LogP contribution in [0.25, 0.3) is 0 Å². The zero-order chi connectivity index (χ0) is 51.2. The molecule has 0 amide bonds. The second-order valence-corrected chi connectivity index (χ2v) is 22.4. The van der Waals surface area contributed by atoms with E-state index >= 15 is 0 Å². The van der Waals surface area contributed by atoms with Crippen LogP contribution in [0.3, 0.4) is 0 Å². The minimum Gasteiger partial charge on any atom is -0.478 e. The lowest BCUT2D eigenvalue weighted by Gasteiger charge is -2.20. The predicted octanol–water partition coefficient (Wildman–Crippen LogP) is 20.0. The molecule has 2 atom stereocenters. The van der Waals surface area contributed by atoms with E-state index in [9.17, 15) is 9.59 Å². The number of carbonyl (C=O) groups is 2. The molecule has 0 heterocycles. The van der Waals surface area contributed by atoms with Crippen molar-refractivity contribution in [3.05, 3.63) is 0 Å². The molecule has 7 nitrogen and oxygen atoms in total. The van der Waals surface area contributed by atoms with Gasteiger partial charge >= 0.3 is 11.9 Å². The fourth-order valence-electron chi connectivity index (χ4n) is 10.2. The van der Waals surface area contributed by atoms with Crippen LogP contribution in [-0.4, -0.2) is 62.7 Å². The lowest BCUT2D eigenvalue weighted by molar-refractivity contribution is -0.146. The Morgan fingerprint density at radius 3 is 0.943 bits per heavy atom. The third-order valence-corrected chi connectivity index (χ3v) is 15.0. The Morgan fingerprint density at radius 1 is 0.357 bits per heavy atom. The van der Waals surface area contributed by atoms with Crippen LogP contribution < -0.4 is 0 Å². The molecule has 416 valence electrons. The van der Waals surface area contributed by atoms with Crippen molar-refractivity contribution < 1.29 is 23.8 Å². The van der Waals surface area contributed by atoms with Gasteiger partial charge in [0, 0.05) is 19.3 Å². The maximum atomic E-state index is 12.6. The fraction of sp³-hybridized carbons (Fsp3) is 0.952. The summed E-state index contributed by atoms with van der Waals surface area (Å²) in [5, 5.41) is 8.53. The van der Waals surface area contributed by atoms with E-state index in [1.54, 1.807) is 0 Å². The molecule has 0 aliphatic carbocycles. The summed E-state index contributed by atoms with van der Waals surface area (Å²) in [5.74, 6) is 1.61. The van der Waals surface area contributed by atoms with Crippen molar-refractivity contribution in [2.75, 3.05) is 33.9 Å². The Labute approximate surface area is 437 Å². The molecule has 0 aromatic heterocycles. The molecule has 0 aromatic rings. The van der Waals surface area contributed by atoms with Gasteiger partial charge in [0.2, 0.25) is 0 Å². The quantitative estimate of drug-likeness (QED) is 0.0283. The topological polar surface area (TPSA) is 88.9 Å². The molecule has 0 radical (unpaired) electrons. The normalized spacial score (nSPS) is 12.9. The molecule has 2 unspecified atom stereocenters. The number of ether oxygens (including phenoxy) is 3. The van der Waals surface area contributed by atoms with Gasteiger partial charge in [-0.3, -0.25) is 15.0 Å². The van der Waals surface area contributed by atoms with Gasteiger partial charge in [-0.05, 0) is 103 Å². The van der Waals surface area contributed by atoms with Crippen LogP contribution in [0, 0.1) is 17.2 Å². The van der Waals surface area contributed by atoms with Gasteiger partial charge in [-0.1, -0.05) is 246 Å². The summed E-state index contributed by atoms with van der Waals surface area (Å²) in [6, 6.07) is 0. The molecule has 1 N–H and O–H groups in total. The Morgan fingerprint density at radius 2 is 0.629 bits per heavy atom. The van der Waals surface area contributed by atoms with Gasteiger partial charge in [0.15, 0.2) is 5.90 Å². The van der Waals surface area contributed by atoms with Crippen molar-refractivity contribution in [3.8, 4) is 0 Å². The van der Waals surface area contributed by atoms with Gasteiger partial charge < -0.3 is 19.1 Å². The van der Waals surface area contributed by atoms with Crippen LogP contribution >= 0.6 is 0 Å². The molecule has 0 fully saturated rings. The van der Waals surface area contributed by atoms with Gasteiger partial charge in [0.25, 0.3) is 0 Å². The summed E-state index contributed by atoms with van der Waals surface area (Å²) < 4.78 is 17.9. The molecule has 0 aliphatic rings. The summed E-state index contributed by atoms with van der Waals surface area (Å²) in [4.78, 5) is 27.3. The van der Waals surface area contributed by atoms with Crippen LogP contribution in [0.15, 0.2) is 0 Å². The number of rotatable bonds is 57. The minimum atomic E-state index is 0.0204. The summed E-state index contributed by atoms with van der Waals surface area (Å²) in [6.45, 7) is 11.4. The third-order valence-electron chi connectivity index (χ3n) is 15.0. The summed E-state index contributed by atoms with van der Waals surface area (Å²) in [5.41, 5.74) is 0. The standard InChI is InChI=1S/C63H124N2O5/c1-7-11-15-19-31-39-48-58(46-37-17-13-9-3)56-68-62(66)53-43-35-29-25-21-23-27-33-41-50-60(70-61(64)52-45-55-65(5)6)51-42-34-28-24-22-26-30-36-44-54-63(67)69-57-59(47-38-18-14-10-4)49-40-32-20-16-12-8-2/h58-60,64H,7-57H2,1-6H3. The largest absolute Gasteiger partial charge is 0.478 e. The number of carbonyl (C=O) groups excluding carboxylic acids is 2. The highest BCUT2D eigenvalue weighted by molar-refractivity contribution is 5.72. The number of unbranched alkanes of at least 4 members (excludes halogenated alkanes) is 32. The van der Waals surface area contributed by atoms with Crippen molar-refractivity contribution in [1.82, 2.24) is 4.90 Å². The highest BCUT2D eigenvalue weighted by atomic mass is 16.5. The van der Waals surface area contributed by atoms with Crippen molar-refractivity contribution in [3.63, 3.8) is 0 Å². The lowest BCUT2D eigenvalue weighted by Crippen LogP contribution is -2.20. The van der Waals surface area contributed by atoms with Gasteiger partial charge in [-0.2, -0.15) is 0 Å². The number of hydrogen-bond donors (Lipinski definition) is 1. The summed E-state index contributed by atoms with van der Waals surface area (Å²) in [6.07, 6.45) is 58.0. The number of nitrogens with one attached hydrogen (secondary N) is 1. The molecule has 7 heteroatoms. The van der Waals surface area contributed by atoms with E-state index < -0.39 is 0 Å². The molecule has 0 aliphatic heterocycles. The lowest BCUT2D eigenvalue weighted by atomic mass is 9.95. The van der Waals surface area contributed by atoms with Gasteiger partial charge in [0.1, 0.15) is 6.10 Å². The molecule has 0 bridgehead atoms. The third kappa shape index (κ3) is 51.3. The monoisotopic (exact) mass is 989 g/mol. The molecule has 0 aromatic carbocycles. The maximum absolute atomic E-state index is 12.6.